The van der Waals surface area contributed by atoms with E-state index >= 15 is 0 Å². The van der Waals surface area contributed by atoms with E-state index in [1.54, 1.807) is 42.7 Å². The van der Waals surface area contributed by atoms with Gasteiger partial charge in [-0.3, -0.25) is 9.78 Å². The van der Waals surface area contributed by atoms with Gasteiger partial charge in [0.05, 0.1) is 18.0 Å². The monoisotopic (exact) mass is 333 g/mol. The fourth-order valence-electron chi connectivity index (χ4n) is 2.93. The number of carbonyl (C=O) groups is 1. The zero-order valence-electron chi connectivity index (χ0n) is 13.2. The Hall–Kier alpha value is -3.41. The molecule has 0 unspecified atom stereocenters. The highest BCUT2D eigenvalue weighted by atomic mass is 16.3. The molecular formula is C19H15N3O3. The van der Waals surface area contributed by atoms with Crippen LogP contribution >= 0.6 is 0 Å². The van der Waals surface area contributed by atoms with Gasteiger partial charge >= 0.3 is 5.91 Å². The molecular weight excluding hydrogens is 318 g/mol. The van der Waals surface area contributed by atoms with Crippen LogP contribution in [0.5, 0.6) is 5.75 Å². The largest absolute Gasteiger partial charge is 0.508 e. The van der Waals surface area contributed by atoms with Crippen molar-refractivity contribution < 1.29 is 14.3 Å². The minimum absolute atomic E-state index is 0.132. The van der Waals surface area contributed by atoms with Gasteiger partial charge in [-0.2, -0.15) is 5.10 Å². The number of pyridine rings is 1. The summed E-state index contributed by atoms with van der Waals surface area (Å²) < 4.78 is 5.23. The third kappa shape index (κ3) is 2.78. The molecule has 124 valence electrons. The average Bonchev–Trinajstić information content (AvgIpc) is 3.32. The maximum absolute atomic E-state index is 12.8. The van der Waals surface area contributed by atoms with Crippen molar-refractivity contribution in [1.29, 1.82) is 0 Å². The Bertz CT molecular complexity index is 920. The van der Waals surface area contributed by atoms with Crippen LogP contribution in [-0.2, 0) is 0 Å². The number of amides is 1. The van der Waals surface area contributed by atoms with Crippen LogP contribution in [0.1, 0.15) is 34.1 Å². The summed E-state index contributed by atoms with van der Waals surface area (Å²) in [5, 5.41) is 16.1. The first-order valence-electron chi connectivity index (χ1n) is 7.87. The zero-order valence-corrected chi connectivity index (χ0v) is 13.2. The van der Waals surface area contributed by atoms with Gasteiger partial charge < -0.3 is 9.52 Å². The van der Waals surface area contributed by atoms with E-state index in [1.807, 2.05) is 18.2 Å². The maximum Gasteiger partial charge on any atom is 0.310 e. The smallest absolute Gasteiger partial charge is 0.310 e. The molecule has 3 aromatic rings. The van der Waals surface area contributed by atoms with Gasteiger partial charge in [-0.25, -0.2) is 5.01 Å². The minimum Gasteiger partial charge on any atom is -0.508 e. The van der Waals surface area contributed by atoms with E-state index in [1.165, 1.54) is 11.3 Å². The van der Waals surface area contributed by atoms with Crippen molar-refractivity contribution in [2.24, 2.45) is 5.10 Å². The summed E-state index contributed by atoms with van der Waals surface area (Å²) in [5.41, 5.74) is 2.23. The number of nitrogens with zero attached hydrogens (tertiary/aromatic N) is 3. The van der Waals surface area contributed by atoms with Crippen molar-refractivity contribution in [2.75, 3.05) is 0 Å². The standard InChI is InChI=1S/C19H15N3O3/c23-17-7-2-1-6-14(17)16-11-15(13-5-3-9-20-12-13)21-22(16)19(24)18-8-4-10-25-18/h1-10,12,16,23H,11H2/t16-/m1/s1. The molecule has 0 bridgehead atoms. The molecule has 6 heteroatoms. The second-order valence-electron chi connectivity index (χ2n) is 5.69. The van der Waals surface area contributed by atoms with Gasteiger partial charge in [-0.1, -0.05) is 24.3 Å². The zero-order chi connectivity index (χ0) is 17.2. The number of hydrogen-bond donors (Lipinski definition) is 1. The molecule has 1 aromatic carbocycles. The van der Waals surface area contributed by atoms with E-state index in [2.05, 4.69) is 10.1 Å². The Morgan fingerprint density at radius 3 is 2.76 bits per heavy atom. The molecule has 25 heavy (non-hydrogen) atoms. The number of phenolic OH excluding ortho intramolecular Hbond substituents is 1. The van der Waals surface area contributed by atoms with Gasteiger partial charge in [0.15, 0.2) is 5.76 Å². The van der Waals surface area contributed by atoms with Crippen LogP contribution in [0, 0.1) is 0 Å². The van der Waals surface area contributed by atoms with E-state index in [4.69, 9.17) is 4.42 Å². The van der Waals surface area contributed by atoms with Crippen LogP contribution in [0.25, 0.3) is 0 Å². The first-order valence-corrected chi connectivity index (χ1v) is 7.87. The van der Waals surface area contributed by atoms with Gasteiger partial charge in [0.2, 0.25) is 0 Å². The number of aromatic hydroxyl groups is 1. The Kier molecular flexibility index (Phi) is 3.78. The summed E-state index contributed by atoms with van der Waals surface area (Å²) in [5.74, 6) is -0.0128. The predicted octanol–water partition coefficient (Wildman–Crippen LogP) is 3.37. The van der Waals surface area contributed by atoms with Crippen molar-refractivity contribution in [3.05, 3.63) is 84.1 Å². The molecule has 1 aliphatic rings. The quantitative estimate of drug-likeness (QED) is 0.797. The van der Waals surface area contributed by atoms with Crippen molar-refractivity contribution in [1.82, 2.24) is 9.99 Å². The van der Waals surface area contributed by atoms with Crippen LogP contribution in [0.2, 0.25) is 0 Å². The topological polar surface area (TPSA) is 78.9 Å². The molecule has 0 saturated carbocycles. The van der Waals surface area contributed by atoms with Crippen molar-refractivity contribution in [3.63, 3.8) is 0 Å². The predicted molar refractivity (Wildman–Crippen MR) is 91.1 cm³/mol. The third-order valence-electron chi connectivity index (χ3n) is 4.14. The minimum atomic E-state index is -0.408. The molecule has 0 radical (unpaired) electrons. The lowest BCUT2D eigenvalue weighted by molar-refractivity contribution is 0.0677. The Morgan fingerprint density at radius 2 is 2.04 bits per heavy atom. The molecule has 4 rings (SSSR count). The molecule has 3 heterocycles. The number of hydrazone groups is 1. The molecule has 1 N–H and O–H groups in total. The van der Waals surface area contributed by atoms with Gasteiger partial charge in [-0.05, 0) is 24.3 Å². The van der Waals surface area contributed by atoms with Crippen molar-refractivity contribution >= 4 is 11.6 Å². The maximum atomic E-state index is 12.8. The summed E-state index contributed by atoms with van der Waals surface area (Å²) in [6.07, 6.45) is 5.33. The van der Waals surface area contributed by atoms with Gasteiger partial charge in [0, 0.05) is 29.9 Å². The van der Waals surface area contributed by atoms with E-state index < -0.39 is 6.04 Å². The summed E-state index contributed by atoms with van der Waals surface area (Å²) in [6, 6.07) is 13.5. The normalized spacial score (nSPS) is 16.7. The van der Waals surface area contributed by atoms with Crippen LogP contribution in [0.4, 0.5) is 0 Å². The van der Waals surface area contributed by atoms with E-state index in [0.29, 0.717) is 12.0 Å². The Labute approximate surface area is 144 Å². The highest BCUT2D eigenvalue weighted by Gasteiger charge is 2.35. The van der Waals surface area contributed by atoms with E-state index in [9.17, 15) is 9.90 Å². The summed E-state index contributed by atoms with van der Waals surface area (Å²) >= 11 is 0. The first kappa shape index (κ1) is 15.1. The van der Waals surface area contributed by atoms with E-state index in [0.717, 1.165) is 11.3 Å². The lowest BCUT2D eigenvalue weighted by atomic mass is 9.98. The Balaban J connectivity index is 1.75. The lowest BCUT2D eigenvalue weighted by Crippen LogP contribution is -2.26. The first-order chi connectivity index (χ1) is 12.2. The van der Waals surface area contributed by atoms with Crippen LogP contribution in [0.3, 0.4) is 0 Å². The summed E-state index contributed by atoms with van der Waals surface area (Å²) in [7, 11) is 0. The molecule has 0 aliphatic carbocycles. The third-order valence-corrected chi connectivity index (χ3v) is 4.14. The number of furan rings is 1. The molecule has 1 aliphatic heterocycles. The number of carbonyl (C=O) groups excluding carboxylic acids is 1. The lowest BCUT2D eigenvalue weighted by Gasteiger charge is -2.21. The van der Waals surface area contributed by atoms with Crippen LogP contribution < -0.4 is 0 Å². The summed E-state index contributed by atoms with van der Waals surface area (Å²) in [4.78, 5) is 16.9. The molecule has 6 nitrogen and oxygen atoms in total. The molecule has 1 atom stereocenters. The fraction of sp³-hybridized carbons (Fsp3) is 0.105. The molecule has 2 aromatic heterocycles. The van der Waals surface area contributed by atoms with Gasteiger partial charge in [0.1, 0.15) is 5.75 Å². The number of benzene rings is 1. The van der Waals surface area contributed by atoms with Gasteiger partial charge in [-0.15, -0.1) is 0 Å². The summed E-state index contributed by atoms with van der Waals surface area (Å²) in [6.45, 7) is 0. The SMILES string of the molecule is O=C(c1ccco1)N1N=C(c2cccnc2)C[C@@H]1c1ccccc1O. The fourth-order valence-corrected chi connectivity index (χ4v) is 2.93. The molecule has 0 fully saturated rings. The van der Waals surface area contributed by atoms with Crippen molar-refractivity contribution in [3.8, 4) is 5.75 Å². The number of rotatable bonds is 3. The highest BCUT2D eigenvalue weighted by molar-refractivity contribution is 6.04. The molecule has 0 saturated heterocycles. The van der Waals surface area contributed by atoms with Gasteiger partial charge in [0.25, 0.3) is 0 Å². The van der Waals surface area contributed by atoms with Crippen molar-refractivity contribution in [2.45, 2.75) is 12.5 Å². The second kappa shape index (κ2) is 6.24. The molecule has 1 amide bonds. The average molecular weight is 333 g/mol. The number of phenols is 1. The Morgan fingerprint density at radius 1 is 1.16 bits per heavy atom. The van der Waals surface area contributed by atoms with Crippen LogP contribution in [-0.4, -0.2) is 26.7 Å². The van der Waals surface area contributed by atoms with Crippen LogP contribution in [0.15, 0.2) is 76.7 Å². The number of para-hydroxylation sites is 1. The number of aromatic nitrogens is 1. The van der Waals surface area contributed by atoms with E-state index in [-0.39, 0.29) is 17.4 Å². The molecule has 0 spiro atoms. The second-order valence-corrected chi connectivity index (χ2v) is 5.69. The highest BCUT2D eigenvalue weighted by Crippen LogP contribution is 2.37. The number of hydrogen-bond acceptors (Lipinski definition) is 5.